The molecule has 0 saturated heterocycles. The van der Waals surface area contributed by atoms with Crippen molar-refractivity contribution in [1.82, 2.24) is 10.2 Å². The first-order chi connectivity index (χ1) is 9.51. The van der Waals surface area contributed by atoms with Gasteiger partial charge in [-0.25, -0.2) is 4.39 Å². The Balaban J connectivity index is 2.30. The number of hydrogen-bond acceptors (Lipinski definition) is 5. The fraction of sp³-hybridized carbons (Fsp3) is 0.231. The first-order valence-electron chi connectivity index (χ1n) is 5.80. The number of benzene rings is 1. The number of rotatable bonds is 4. The fourth-order valence-corrected chi connectivity index (χ4v) is 1.87. The molecule has 2 N–H and O–H groups in total. The van der Waals surface area contributed by atoms with Crippen LogP contribution in [0.4, 0.5) is 10.2 Å². The van der Waals surface area contributed by atoms with Crippen LogP contribution in [-0.4, -0.2) is 17.3 Å². The molecule has 0 spiro atoms. The number of aromatic nitrogens is 2. The molecule has 20 heavy (non-hydrogen) atoms. The van der Waals surface area contributed by atoms with Crippen molar-refractivity contribution in [3.63, 3.8) is 0 Å². The molecular weight excluding hydrogens is 285 g/mol. The topological polar surface area (TPSA) is 70.3 Å². The van der Waals surface area contributed by atoms with Gasteiger partial charge in [-0.05, 0) is 25.1 Å². The molecule has 0 radical (unpaired) electrons. The summed E-state index contributed by atoms with van der Waals surface area (Å²) in [5.74, 6) is 0.529. The Hall–Kier alpha value is -2.08. The van der Waals surface area contributed by atoms with E-state index in [0.717, 1.165) is 0 Å². The van der Waals surface area contributed by atoms with Crippen molar-refractivity contribution in [3.05, 3.63) is 40.8 Å². The van der Waals surface area contributed by atoms with E-state index in [9.17, 15) is 4.39 Å². The molecule has 1 aromatic heterocycles. The van der Waals surface area contributed by atoms with Gasteiger partial charge in [-0.15, -0.1) is 10.2 Å². The molecule has 1 heterocycles. The molecule has 0 fully saturated rings. The minimum Gasteiger partial charge on any atom is -0.496 e. The van der Waals surface area contributed by atoms with Crippen LogP contribution in [0.1, 0.15) is 18.6 Å². The third kappa shape index (κ3) is 3.08. The molecule has 0 amide bonds. The second kappa shape index (κ2) is 5.92. The van der Waals surface area contributed by atoms with Gasteiger partial charge in [-0.3, -0.25) is 0 Å². The molecule has 1 aromatic carbocycles. The Kier molecular flexibility index (Phi) is 4.24. The minimum atomic E-state index is -0.497. The van der Waals surface area contributed by atoms with E-state index in [1.165, 1.54) is 31.4 Å². The number of ether oxygens (including phenoxy) is 2. The number of anilines is 1. The molecule has 0 aliphatic carbocycles. The van der Waals surface area contributed by atoms with Crippen molar-refractivity contribution in [2.45, 2.75) is 13.0 Å². The molecular formula is C13H13ClFN3O2. The minimum absolute atomic E-state index is 0.108. The third-order valence-electron chi connectivity index (χ3n) is 2.69. The molecule has 106 valence electrons. The smallest absolute Gasteiger partial charge is 0.188 e. The third-order valence-corrected chi connectivity index (χ3v) is 2.87. The van der Waals surface area contributed by atoms with E-state index in [-0.39, 0.29) is 22.5 Å². The quantitative estimate of drug-likeness (QED) is 0.939. The Morgan fingerprint density at radius 1 is 1.25 bits per heavy atom. The van der Waals surface area contributed by atoms with Gasteiger partial charge in [0.25, 0.3) is 0 Å². The second-order valence-electron chi connectivity index (χ2n) is 4.06. The molecule has 5 nitrogen and oxygen atoms in total. The van der Waals surface area contributed by atoms with E-state index in [1.807, 2.05) is 0 Å². The molecule has 2 rings (SSSR count). The average Bonchev–Trinajstić information content (AvgIpc) is 2.42. The predicted molar refractivity (Wildman–Crippen MR) is 73.4 cm³/mol. The van der Waals surface area contributed by atoms with E-state index in [4.69, 9.17) is 26.8 Å². The van der Waals surface area contributed by atoms with Gasteiger partial charge >= 0.3 is 0 Å². The van der Waals surface area contributed by atoms with Crippen molar-refractivity contribution in [2.24, 2.45) is 0 Å². The number of nitrogen functional groups attached to an aromatic ring is 1. The average molecular weight is 298 g/mol. The van der Waals surface area contributed by atoms with Crippen LogP contribution in [0.2, 0.25) is 5.15 Å². The zero-order valence-electron chi connectivity index (χ0n) is 10.9. The summed E-state index contributed by atoms with van der Waals surface area (Å²) in [6, 6.07) is 5.64. The normalized spacial score (nSPS) is 12.0. The van der Waals surface area contributed by atoms with E-state index in [1.54, 1.807) is 6.92 Å². The van der Waals surface area contributed by atoms with Crippen LogP contribution < -0.4 is 15.2 Å². The lowest BCUT2D eigenvalue weighted by molar-refractivity contribution is 0.221. The number of nitrogens with zero attached hydrogens (tertiary/aromatic N) is 2. The van der Waals surface area contributed by atoms with Crippen LogP contribution >= 0.6 is 11.6 Å². The SMILES string of the molecule is COc1ccc(F)cc1[C@@H](C)Oc1cc(Cl)nnc1N. The highest BCUT2D eigenvalue weighted by atomic mass is 35.5. The maximum Gasteiger partial charge on any atom is 0.188 e. The molecule has 0 aliphatic rings. The molecule has 0 aliphatic heterocycles. The van der Waals surface area contributed by atoms with Gasteiger partial charge < -0.3 is 15.2 Å². The lowest BCUT2D eigenvalue weighted by atomic mass is 10.1. The van der Waals surface area contributed by atoms with Crippen molar-refractivity contribution in [3.8, 4) is 11.5 Å². The summed E-state index contributed by atoms with van der Waals surface area (Å²) in [5.41, 5.74) is 6.21. The predicted octanol–water partition coefficient (Wildman–Crippen LogP) is 3.00. The maximum absolute atomic E-state index is 13.3. The Morgan fingerprint density at radius 2 is 2.00 bits per heavy atom. The summed E-state index contributed by atoms with van der Waals surface area (Å²) in [6.07, 6.45) is -0.497. The van der Waals surface area contributed by atoms with Crippen molar-refractivity contribution in [2.75, 3.05) is 12.8 Å². The van der Waals surface area contributed by atoms with Crippen LogP contribution in [0.25, 0.3) is 0 Å². The van der Waals surface area contributed by atoms with Gasteiger partial charge in [0.2, 0.25) is 0 Å². The number of methoxy groups -OCH3 is 1. The van der Waals surface area contributed by atoms with Crippen LogP contribution in [0.15, 0.2) is 24.3 Å². The van der Waals surface area contributed by atoms with Gasteiger partial charge in [-0.2, -0.15) is 0 Å². The highest BCUT2D eigenvalue weighted by Gasteiger charge is 2.16. The summed E-state index contributed by atoms with van der Waals surface area (Å²) in [7, 11) is 1.50. The fourth-order valence-electron chi connectivity index (χ4n) is 1.73. The van der Waals surface area contributed by atoms with Crippen LogP contribution in [0.3, 0.4) is 0 Å². The Morgan fingerprint density at radius 3 is 2.70 bits per heavy atom. The molecule has 2 aromatic rings. The first kappa shape index (κ1) is 14.3. The molecule has 0 bridgehead atoms. The second-order valence-corrected chi connectivity index (χ2v) is 4.45. The van der Waals surface area contributed by atoms with Crippen molar-refractivity contribution < 1.29 is 13.9 Å². The lowest BCUT2D eigenvalue weighted by Crippen LogP contribution is -2.08. The highest BCUT2D eigenvalue weighted by molar-refractivity contribution is 6.29. The van der Waals surface area contributed by atoms with Gasteiger partial charge in [0, 0.05) is 11.6 Å². The molecule has 7 heteroatoms. The van der Waals surface area contributed by atoms with E-state index in [2.05, 4.69) is 10.2 Å². The van der Waals surface area contributed by atoms with Crippen molar-refractivity contribution >= 4 is 17.4 Å². The summed E-state index contributed by atoms with van der Waals surface area (Å²) in [4.78, 5) is 0. The van der Waals surface area contributed by atoms with E-state index < -0.39 is 6.10 Å². The number of halogens is 2. The molecule has 1 atom stereocenters. The summed E-state index contributed by atoms with van der Waals surface area (Å²) in [5, 5.41) is 7.40. The largest absolute Gasteiger partial charge is 0.496 e. The van der Waals surface area contributed by atoms with Crippen LogP contribution in [-0.2, 0) is 0 Å². The zero-order chi connectivity index (χ0) is 14.7. The number of nitrogens with two attached hydrogens (primary N) is 1. The Labute approximate surface area is 120 Å². The monoisotopic (exact) mass is 297 g/mol. The zero-order valence-corrected chi connectivity index (χ0v) is 11.7. The standard InChI is InChI=1S/C13H13ClFN3O2/c1-7(9-5-8(15)3-4-10(9)19-2)20-11-6-12(14)17-18-13(11)16/h3-7H,1-2H3,(H2,16,18)/t7-/m1/s1. The van der Waals surface area contributed by atoms with Gasteiger partial charge in [0.05, 0.1) is 7.11 Å². The highest BCUT2D eigenvalue weighted by Crippen LogP contribution is 2.31. The molecule has 0 unspecified atom stereocenters. The summed E-state index contributed by atoms with van der Waals surface area (Å²) >= 11 is 5.74. The van der Waals surface area contributed by atoms with E-state index >= 15 is 0 Å². The van der Waals surface area contributed by atoms with Gasteiger partial charge in [-0.1, -0.05) is 11.6 Å². The van der Waals surface area contributed by atoms with Crippen LogP contribution in [0, 0.1) is 5.82 Å². The summed E-state index contributed by atoms with van der Waals surface area (Å²) < 4.78 is 24.2. The molecule has 0 saturated carbocycles. The van der Waals surface area contributed by atoms with Gasteiger partial charge in [0.15, 0.2) is 16.7 Å². The summed E-state index contributed by atoms with van der Waals surface area (Å²) in [6.45, 7) is 1.74. The Bertz CT molecular complexity index is 625. The number of hydrogen-bond donors (Lipinski definition) is 1. The lowest BCUT2D eigenvalue weighted by Gasteiger charge is -2.18. The van der Waals surface area contributed by atoms with E-state index in [0.29, 0.717) is 11.3 Å². The van der Waals surface area contributed by atoms with Crippen LogP contribution in [0.5, 0.6) is 11.5 Å². The maximum atomic E-state index is 13.3. The van der Waals surface area contributed by atoms with Crippen molar-refractivity contribution in [1.29, 1.82) is 0 Å². The van der Waals surface area contributed by atoms with Gasteiger partial charge in [0.1, 0.15) is 17.7 Å². The first-order valence-corrected chi connectivity index (χ1v) is 6.18.